The van der Waals surface area contributed by atoms with Crippen molar-refractivity contribution in [2.24, 2.45) is 35.5 Å². The van der Waals surface area contributed by atoms with Gasteiger partial charge >= 0.3 is 0 Å². The standard InChI is InChI=1S/C81H90N2O9S4/c1-4-50-23-24-51-19-12-21-62-73(44-84)96-95-46-59-39-74(88)81(67-47-94-93-45-57-18-10-11-22-71(57)92-72-38-56(67)26-29-68(72)85,79(90)76(59)77(89)58(35-49-31-33-83-43-49)37-54-25-30-69(86)78(91-3)64(54)42-63(50)75(51)62)60-40-66-61(70(87)41-60)27-28-65-55(20-13-32-80(65,66)82-2)36-53-17-9-8-16-52(53)34-48-14-6-5-7-15-48/h5-9,12,14-17,19,21,23-31,33,38,40-41,43,55,57-59,65,67,71,73-74,76-77,82-89H,4,10-11,13,18,20,22,32,34-37,39,42,44-47H2,1-3H3/t55-,57-,58-,59+,65-,67+,71+,73+,74-,76-,77+,80-,81+/m1/s1. The van der Waals surface area contributed by atoms with E-state index in [0.29, 0.717) is 59.0 Å². The molecule has 0 amide bonds. The number of aliphatic hydroxyl groups is 3. The van der Waals surface area contributed by atoms with E-state index in [0.717, 1.165) is 120 Å². The van der Waals surface area contributed by atoms with E-state index < -0.39 is 52.1 Å². The SMILES string of the molecule is CCc1ccc2cccc3c2c1Cc1c(ccc(O)c1OC)C[C@@H](Cc1cc[nH]c1)[C@H](O)[C@@H]1C(=O)[C@@](c2cc(O)c4c(c2)[C@@]2(NC)CCC[C@H](Cc5ccccc5Cc5ccccc5)[C@H]2C=C4)([C@H]2CSSC[C@H]4CCCC[C@@H]4Oc4cc2ccc4O)[C@H](O)C[C@H]1CSS[C@H]3CO. The van der Waals surface area contributed by atoms with Gasteiger partial charge in [0.2, 0.25) is 0 Å². The fraction of sp³-hybridized carbons (Fsp3) is 0.420. The second-order valence-electron chi connectivity index (χ2n) is 28.0. The first kappa shape index (κ1) is 66.9. The average molecular weight is 1360 g/mol. The Kier molecular flexibility index (Phi) is 20.1. The Bertz CT molecular complexity index is 4130. The lowest BCUT2D eigenvalue weighted by Crippen LogP contribution is -2.63. The molecule has 7 aromatic carbocycles. The number of aliphatic hydroxyl groups excluding tert-OH is 3. The lowest BCUT2D eigenvalue weighted by molar-refractivity contribution is -0.150. The molecule has 3 saturated carbocycles. The molecule has 8 aromatic rings. The van der Waals surface area contributed by atoms with Crippen LogP contribution in [0.5, 0.6) is 28.7 Å². The molecule has 6 aliphatic rings. The van der Waals surface area contributed by atoms with Crippen LogP contribution >= 0.6 is 43.2 Å². The summed E-state index contributed by atoms with van der Waals surface area (Å²) in [6.45, 7) is 1.98. The molecule has 11 nitrogen and oxygen atoms in total. The number of H-pyrrole nitrogens is 1. The van der Waals surface area contributed by atoms with Crippen LogP contribution in [0.25, 0.3) is 16.8 Å². The number of aromatic amines is 1. The summed E-state index contributed by atoms with van der Waals surface area (Å²) in [6.07, 6.45) is 15.8. The van der Waals surface area contributed by atoms with Gasteiger partial charge in [0.25, 0.3) is 0 Å². The normalized spacial score (nSPS) is 28.4. The quantitative estimate of drug-likeness (QED) is 0.0541. The highest BCUT2D eigenvalue weighted by molar-refractivity contribution is 8.77. The van der Waals surface area contributed by atoms with Gasteiger partial charge < -0.3 is 50.4 Å². The van der Waals surface area contributed by atoms with E-state index in [9.17, 15) is 30.6 Å². The van der Waals surface area contributed by atoms with Gasteiger partial charge in [0.05, 0.1) is 42.1 Å². The highest BCUT2D eigenvalue weighted by Gasteiger charge is 2.62. The molecule has 13 atom stereocenters. The van der Waals surface area contributed by atoms with E-state index in [1.165, 1.54) is 16.7 Å². The lowest BCUT2D eigenvalue weighted by atomic mass is 9.51. The number of ether oxygens (including phenoxy) is 2. The number of benzene rings is 7. The summed E-state index contributed by atoms with van der Waals surface area (Å²) >= 11 is 0. The van der Waals surface area contributed by atoms with Crippen molar-refractivity contribution in [3.63, 3.8) is 0 Å². The van der Waals surface area contributed by atoms with Crippen LogP contribution in [-0.4, -0.2) is 97.7 Å². The van der Waals surface area contributed by atoms with Crippen molar-refractivity contribution < 1.29 is 44.9 Å². The van der Waals surface area contributed by atoms with Gasteiger partial charge in [0.1, 0.15) is 11.9 Å². The number of phenols is 3. The van der Waals surface area contributed by atoms with Crippen LogP contribution in [0.2, 0.25) is 0 Å². The van der Waals surface area contributed by atoms with Gasteiger partial charge in [-0.05, 0) is 198 Å². The van der Waals surface area contributed by atoms with Crippen molar-refractivity contribution in [3.8, 4) is 28.7 Å². The maximum Gasteiger partial charge on any atom is 0.164 e. The second-order valence-corrected chi connectivity index (χ2v) is 33.2. The number of carbonyl (C=O) groups is 1. The van der Waals surface area contributed by atoms with Gasteiger partial charge in [0.15, 0.2) is 28.8 Å². The van der Waals surface area contributed by atoms with Crippen molar-refractivity contribution in [3.05, 3.63) is 224 Å². The minimum absolute atomic E-state index is 0.000959. The third kappa shape index (κ3) is 12.5. The Labute approximate surface area is 580 Å². The Hall–Kier alpha value is -6.27. The van der Waals surface area contributed by atoms with Crippen LogP contribution in [0, 0.1) is 35.5 Å². The van der Waals surface area contributed by atoms with Crippen LogP contribution < -0.4 is 14.8 Å². The maximum absolute atomic E-state index is 18.1. The Balaban J connectivity index is 0.952. The van der Waals surface area contributed by atoms with Crippen molar-refractivity contribution in [2.45, 2.75) is 137 Å². The van der Waals surface area contributed by atoms with E-state index in [2.05, 4.69) is 114 Å². The van der Waals surface area contributed by atoms with Gasteiger partial charge in [-0.2, -0.15) is 0 Å². The number of hydrogen-bond donors (Lipinski definition) is 8. The Morgan fingerprint density at radius 3 is 2.34 bits per heavy atom. The number of Topliss-reactive ketones (excluding diaryl/α,β-unsaturated/α-hetero) is 1. The molecular formula is C81H90N2O9S4. The maximum atomic E-state index is 18.1. The van der Waals surface area contributed by atoms with Crippen LogP contribution in [-0.2, 0) is 54.3 Å². The van der Waals surface area contributed by atoms with Crippen LogP contribution in [0.15, 0.2) is 152 Å². The fourth-order valence-electron chi connectivity index (χ4n) is 18.3. The number of carbonyl (C=O) groups excluding carboxylic acids is 1. The topological polar surface area (TPSA) is 185 Å². The fourth-order valence-corrected chi connectivity index (χ4v) is 24.0. The Morgan fingerprint density at radius 2 is 1.54 bits per heavy atom. The molecule has 8 N–H and O–H groups in total. The van der Waals surface area contributed by atoms with E-state index in [1.54, 1.807) is 68.5 Å². The molecule has 0 radical (unpaired) electrons. The summed E-state index contributed by atoms with van der Waals surface area (Å²) in [5.41, 5.74) is 10.00. The zero-order valence-corrected chi connectivity index (χ0v) is 58.4. The van der Waals surface area contributed by atoms with Gasteiger partial charge in [-0.25, -0.2) is 0 Å². The van der Waals surface area contributed by atoms with E-state index >= 15 is 4.79 Å². The molecule has 3 heterocycles. The summed E-state index contributed by atoms with van der Waals surface area (Å²) < 4.78 is 13.2. The van der Waals surface area contributed by atoms with E-state index in [4.69, 9.17) is 9.47 Å². The monoisotopic (exact) mass is 1360 g/mol. The number of hydrogen-bond acceptors (Lipinski definition) is 14. The molecule has 4 aliphatic carbocycles. The number of rotatable bonds is 12. The number of nitrogens with one attached hydrogen (secondary N) is 2. The number of phenolic OH excluding ortho intramolecular Hbond substituents is 3. The summed E-state index contributed by atoms with van der Waals surface area (Å²) in [5, 5.41) is 82.5. The molecule has 15 heteroatoms. The largest absolute Gasteiger partial charge is 0.507 e. The molecule has 1 aromatic heterocycles. The van der Waals surface area contributed by atoms with Gasteiger partial charge in [0, 0.05) is 70.9 Å². The molecule has 2 bridgehead atoms. The van der Waals surface area contributed by atoms with Gasteiger partial charge in [-0.3, -0.25) is 4.79 Å². The van der Waals surface area contributed by atoms with E-state index in [-0.39, 0.29) is 59.9 Å². The summed E-state index contributed by atoms with van der Waals surface area (Å²) in [4.78, 5) is 21.3. The molecule has 96 heavy (non-hydrogen) atoms. The third-order valence-electron chi connectivity index (χ3n) is 23.0. The van der Waals surface area contributed by atoms with Gasteiger partial charge in [-0.15, -0.1) is 0 Å². The van der Waals surface area contributed by atoms with Gasteiger partial charge in [-0.1, -0.05) is 178 Å². The lowest BCUT2D eigenvalue weighted by Gasteiger charge is -2.54. The third-order valence-corrected chi connectivity index (χ3v) is 28.4. The molecule has 3 fully saturated rings. The zero-order chi connectivity index (χ0) is 66.2. The minimum Gasteiger partial charge on any atom is -0.507 e. The number of aryl methyl sites for hydroxylation is 1. The summed E-state index contributed by atoms with van der Waals surface area (Å²) in [6, 6.07) is 45.1. The predicted molar refractivity (Wildman–Crippen MR) is 393 cm³/mol. The van der Waals surface area contributed by atoms with Crippen LogP contribution in [0.3, 0.4) is 0 Å². The number of aromatic nitrogens is 1. The molecular weight excluding hydrogens is 1270 g/mol. The number of aromatic hydroxyl groups is 3. The van der Waals surface area contributed by atoms with Crippen molar-refractivity contribution in [1.82, 2.24) is 10.3 Å². The highest BCUT2D eigenvalue weighted by Crippen LogP contribution is 2.60. The molecule has 0 spiro atoms. The number of methoxy groups -OCH3 is 1. The van der Waals surface area contributed by atoms with Crippen molar-refractivity contribution in [1.29, 1.82) is 0 Å². The first-order chi connectivity index (χ1) is 46.8. The molecule has 2 aliphatic heterocycles. The van der Waals surface area contributed by atoms with Crippen molar-refractivity contribution >= 4 is 65.8 Å². The van der Waals surface area contributed by atoms with Crippen LogP contribution in [0.1, 0.15) is 142 Å². The number of ketones is 1. The predicted octanol–water partition coefficient (Wildman–Crippen LogP) is 15.9. The molecule has 0 saturated heterocycles. The Morgan fingerprint density at radius 1 is 0.740 bits per heavy atom. The first-order valence-electron chi connectivity index (χ1n) is 34.8. The van der Waals surface area contributed by atoms with Crippen LogP contribution in [0.4, 0.5) is 0 Å². The summed E-state index contributed by atoms with van der Waals surface area (Å²) in [5.74, 6) is -0.594. The molecule has 0 unspecified atom stereocenters. The second kappa shape index (κ2) is 28.9. The summed E-state index contributed by atoms with van der Waals surface area (Å²) in [7, 11) is 10.2. The molecule has 14 rings (SSSR count). The average Bonchev–Trinajstić information content (AvgIpc) is 0.759. The number of fused-ring (bicyclic) bond motifs is 8. The first-order valence-corrected chi connectivity index (χ1v) is 39.6. The van der Waals surface area contributed by atoms with E-state index in [1.807, 2.05) is 49.8 Å². The minimum atomic E-state index is -1.80. The smallest absolute Gasteiger partial charge is 0.164 e. The zero-order valence-electron chi connectivity index (χ0n) is 55.1. The highest BCUT2D eigenvalue weighted by atomic mass is 33.1. The molecule has 502 valence electrons. The van der Waals surface area contributed by atoms with Crippen molar-refractivity contribution in [2.75, 3.05) is 38.0 Å².